The van der Waals surface area contributed by atoms with E-state index in [0.717, 1.165) is 15.7 Å². The van der Waals surface area contributed by atoms with E-state index in [1.807, 2.05) is 50.6 Å². The molecule has 0 fully saturated rings. The average molecular weight is 379 g/mol. The van der Waals surface area contributed by atoms with Gasteiger partial charge in [-0.1, -0.05) is 28.1 Å². The average Bonchev–Trinajstić information content (AvgIpc) is 2.48. The number of hydrogen-bond donors (Lipinski definition) is 2. The molecule has 1 heterocycles. The predicted octanol–water partition coefficient (Wildman–Crippen LogP) is 3.43. The first-order valence-electron chi connectivity index (χ1n) is 6.93. The molecule has 0 bridgehead atoms. The van der Waals surface area contributed by atoms with Crippen LogP contribution in [0.25, 0.3) is 0 Å². The Bertz CT molecular complexity index is 619. The van der Waals surface area contributed by atoms with Gasteiger partial charge in [0, 0.05) is 29.1 Å². The maximum absolute atomic E-state index is 5.36. The third kappa shape index (κ3) is 5.05. The van der Waals surface area contributed by atoms with Crippen LogP contribution in [0.4, 0.5) is 5.69 Å². The van der Waals surface area contributed by atoms with Crippen molar-refractivity contribution in [2.24, 2.45) is 0 Å². The van der Waals surface area contributed by atoms with Gasteiger partial charge in [0.25, 0.3) is 0 Å². The SMILES string of the molecule is CN(C)[C@@H](CNC(=S)Nc1cccc(Br)c1)c1cccnc1. The highest BCUT2D eigenvalue weighted by molar-refractivity contribution is 9.10. The minimum atomic E-state index is 0.205. The summed E-state index contributed by atoms with van der Waals surface area (Å²) >= 11 is 8.81. The summed E-state index contributed by atoms with van der Waals surface area (Å²) in [5.74, 6) is 0. The van der Waals surface area contributed by atoms with Gasteiger partial charge < -0.3 is 15.5 Å². The minimum absolute atomic E-state index is 0.205. The van der Waals surface area contributed by atoms with E-state index in [1.165, 1.54) is 0 Å². The first-order chi connectivity index (χ1) is 10.6. The molecule has 0 unspecified atom stereocenters. The summed E-state index contributed by atoms with van der Waals surface area (Å²) in [5.41, 5.74) is 2.11. The van der Waals surface area contributed by atoms with Gasteiger partial charge in [-0.2, -0.15) is 0 Å². The second-order valence-corrected chi connectivity index (χ2v) is 6.44. The third-order valence-electron chi connectivity index (χ3n) is 3.23. The molecule has 0 radical (unpaired) electrons. The van der Waals surface area contributed by atoms with Gasteiger partial charge >= 0.3 is 0 Å². The van der Waals surface area contributed by atoms with E-state index >= 15 is 0 Å². The Labute approximate surface area is 145 Å². The van der Waals surface area contributed by atoms with Crippen LogP contribution < -0.4 is 10.6 Å². The van der Waals surface area contributed by atoms with Crippen LogP contribution >= 0.6 is 28.1 Å². The number of benzene rings is 1. The zero-order valence-electron chi connectivity index (χ0n) is 12.6. The van der Waals surface area contributed by atoms with E-state index in [2.05, 4.69) is 42.5 Å². The van der Waals surface area contributed by atoms with Crippen molar-refractivity contribution in [3.63, 3.8) is 0 Å². The van der Waals surface area contributed by atoms with Gasteiger partial charge in [0.2, 0.25) is 0 Å². The van der Waals surface area contributed by atoms with E-state index < -0.39 is 0 Å². The molecule has 1 aromatic carbocycles. The van der Waals surface area contributed by atoms with E-state index in [9.17, 15) is 0 Å². The van der Waals surface area contributed by atoms with Crippen LogP contribution in [0, 0.1) is 0 Å². The molecule has 0 spiro atoms. The van der Waals surface area contributed by atoms with Crippen molar-refractivity contribution in [1.29, 1.82) is 0 Å². The highest BCUT2D eigenvalue weighted by Crippen LogP contribution is 2.17. The van der Waals surface area contributed by atoms with Crippen LogP contribution in [0.3, 0.4) is 0 Å². The fourth-order valence-electron chi connectivity index (χ4n) is 2.10. The van der Waals surface area contributed by atoms with Gasteiger partial charge in [0.05, 0.1) is 6.04 Å². The number of likely N-dealkylation sites (N-methyl/N-ethyl adjacent to an activating group) is 1. The molecular weight excluding hydrogens is 360 g/mol. The molecule has 0 aliphatic rings. The number of pyridine rings is 1. The number of rotatable bonds is 5. The van der Waals surface area contributed by atoms with Crippen LogP contribution in [0.5, 0.6) is 0 Å². The number of nitrogens with zero attached hydrogens (tertiary/aromatic N) is 2. The second kappa shape index (κ2) is 8.22. The summed E-state index contributed by atoms with van der Waals surface area (Å²) in [5, 5.41) is 7.06. The fraction of sp³-hybridized carbons (Fsp3) is 0.250. The van der Waals surface area contributed by atoms with Gasteiger partial charge in [-0.15, -0.1) is 0 Å². The molecular formula is C16H19BrN4S. The van der Waals surface area contributed by atoms with E-state index in [1.54, 1.807) is 6.20 Å². The lowest BCUT2D eigenvalue weighted by Gasteiger charge is -2.25. The number of thiocarbonyl (C=S) groups is 1. The summed E-state index contributed by atoms with van der Waals surface area (Å²) in [7, 11) is 4.09. The van der Waals surface area contributed by atoms with E-state index in [-0.39, 0.29) is 6.04 Å². The van der Waals surface area contributed by atoms with Gasteiger partial charge in [-0.05, 0) is 56.1 Å². The van der Waals surface area contributed by atoms with Crippen molar-refractivity contribution in [2.75, 3.05) is 26.0 Å². The number of anilines is 1. The monoisotopic (exact) mass is 378 g/mol. The molecule has 0 aliphatic carbocycles. The first kappa shape index (κ1) is 16.9. The Kier molecular flexibility index (Phi) is 6.30. The molecule has 2 aromatic rings. The predicted molar refractivity (Wildman–Crippen MR) is 99.0 cm³/mol. The molecule has 2 N–H and O–H groups in total. The topological polar surface area (TPSA) is 40.2 Å². The largest absolute Gasteiger partial charge is 0.361 e. The quantitative estimate of drug-likeness (QED) is 0.779. The number of halogens is 1. The van der Waals surface area contributed by atoms with Crippen LogP contribution in [0.1, 0.15) is 11.6 Å². The van der Waals surface area contributed by atoms with Crippen LogP contribution in [0.2, 0.25) is 0 Å². The maximum atomic E-state index is 5.36. The lowest BCUT2D eigenvalue weighted by Crippen LogP contribution is -2.36. The number of aromatic nitrogens is 1. The Balaban J connectivity index is 1.94. The van der Waals surface area contributed by atoms with Gasteiger partial charge in [0.15, 0.2) is 5.11 Å². The van der Waals surface area contributed by atoms with Crippen LogP contribution in [-0.2, 0) is 0 Å². The van der Waals surface area contributed by atoms with Crippen molar-refractivity contribution < 1.29 is 0 Å². The normalized spacial score (nSPS) is 12.0. The lowest BCUT2D eigenvalue weighted by atomic mass is 10.1. The van der Waals surface area contributed by atoms with Crippen molar-refractivity contribution in [3.05, 3.63) is 58.8 Å². The second-order valence-electron chi connectivity index (χ2n) is 5.11. The Morgan fingerprint density at radius 3 is 2.77 bits per heavy atom. The summed E-state index contributed by atoms with van der Waals surface area (Å²) in [6, 6.07) is 12.1. The zero-order valence-corrected chi connectivity index (χ0v) is 15.0. The molecule has 22 heavy (non-hydrogen) atoms. The van der Waals surface area contributed by atoms with Gasteiger partial charge in [0.1, 0.15) is 0 Å². The Hall–Kier alpha value is -1.50. The zero-order chi connectivity index (χ0) is 15.9. The van der Waals surface area contributed by atoms with E-state index in [0.29, 0.717) is 11.7 Å². The molecule has 6 heteroatoms. The highest BCUT2D eigenvalue weighted by atomic mass is 79.9. The van der Waals surface area contributed by atoms with Crippen molar-refractivity contribution in [3.8, 4) is 0 Å². The van der Waals surface area contributed by atoms with Crippen LogP contribution in [-0.4, -0.2) is 35.6 Å². The molecule has 0 saturated heterocycles. The molecule has 0 aliphatic heterocycles. The maximum Gasteiger partial charge on any atom is 0.170 e. The number of hydrogen-bond acceptors (Lipinski definition) is 3. The molecule has 1 atom stereocenters. The number of nitrogens with one attached hydrogen (secondary N) is 2. The first-order valence-corrected chi connectivity index (χ1v) is 8.13. The summed E-state index contributed by atoms with van der Waals surface area (Å²) in [4.78, 5) is 6.33. The molecule has 0 saturated carbocycles. The lowest BCUT2D eigenvalue weighted by molar-refractivity contribution is 0.298. The van der Waals surface area contributed by atoms with Gasteiger partial charge in [-0.25, -0.2) is 0 Å². The summed E-state index contributed by atoms with van der Waals surface area (Å²) in [6.45, 7) is 0.707. The molecule has 0 amide bonds. The Morgan fingerprint density at radius 2 is 2.14 bits per heavy atom. The van der Waals surface area contributed by atoms with Crippen molar-refractivity contribution in [1.82, 2.24) is 15.2 Å². The van der Waals surface area contributed by atoms with E-state index in [4.69, 9.17) is 12.2 Å². The smallest absolute Gasteiger partial charge is 0.170 e. The molecule has 4 nitrogen and oxygen atoms in total. The molecule has 2 rings (SSSR count). The fourth-order valence-corrected chi connectivity index (χ4v) is 2.70. The standard InChI is InChI=1S/C16H19BrN4S/c1-21(2)15(12-5-4-8-18-10-12)11-19-16(22)20-14-7-3-6-13(17)9-14/h3-10,15H,11H2,1-2H3,(H2,19,20,22)/t15-/m0/s1. The van der Waals surface area contributed by atoms with Crippen LogP contribution in [0.15, 0.2) is 53.3 Å². The highest BCUT2D eigenvalue weighted by Gasteiger charge is 2.14. The summed E-state index contributed by atoms with van der Waals surface area (Å²) in [6.07, 6.45) is 3.67. The minimum Gasteiger partial charge on any atom is -0.361 e. The van der Waals surface area contributed by atoms with Gasteiger partial charge in [-0.3, -0.25) is 4.98 Å². The van der Waals surface area contributed by atoms with Crippen molar-refractivity contribution >= 4 is 38.9 Å². The van der Waals surface area contributed by atoms with Crippen molar-refractivity contribution in [2.45, 2.75) is 6.04 Å². The molecule has 1 aromatic heterocycles. The Morgan fingerprint density at radius 1 is 1.32 bits per heavy atom. The summed E-state index contributed by atoms with van der Waals surface area (Å²) < 4.78 is 1.02. The molecule has 116 valence electrons. The third-order valence-corrected chi connectivity index (χ3v) is 3.97.